The van der Waals surface area contributed by atoms with E-state index in [4.69, 9.17) is 9.84 Å². The van der Waals surface area contributed by atoms with E-state index in [0.29, 0.717) is 18.6 Å². The average molecular weight is 361 g/mol. The van der Waals surface area contributed by atoms with E-state index >= 15 is 0 Å². The molecule has 0 amide bonds. The van der Waals surface area contributed by atoms with Crippen LogP contribution < -0.4 is 5.32 Å². The minimum atomic E-state index is -4.28. The Hall–Kier alpha value is -1.11. The Morgan fingerprint density at radius 3 is 2.40 bits per heavy atom. The van der Waals surface area contributed by atoms with Crippen molar-refractivity contribution in [1.82, 2.24) is 5.32 Å². The Morgan fingerprint density at radius 1 is 1.16 bits per heavy atom. The van der Waals surface area contributed by atoms with E-state index < -0.39 is 11.7 Å². The zero-order valence-corrected chi connectivity index (χ0v) is 14.9. The summed E-state index contributed by atoms with van der Waals surface area (Å²) in [6.07, 6.45) is 1.96. The van der Waals surface area contributed by atoms with Gasteiger partial charge in [0.15, 0.2) is 0 Å². The number of alkyl halides is 3. The van der Waals surface area contributed by atoms with Crippen LogP contribution in [0, 0.1) is 0 Å². The van der Waals surface area contributed by atoms with Crippen LogP contribution in [0.15, 0.2) is 24.3 Å². The number of benzene rings is 1. The molecule has 2 N–H and O–H groups in total. The van der Waals surface area contributed by atoms with Crippen LogP contribution in [0.4, 0.5) is 13.2 Å². The summed E-state index contributed by atoms with van der Waals surface area (Å²) >= 11 is 0. The molecule has 25 heavy (non-hydrogen) atoms. The van der Waals surface area contributed by atoms with E-state index in [2.05, 4.69) is 5.32 Å². The van der Waals surface area contributed by atoms with Gasteiger partial charge in [0.25, 0.3) is 0 Å². The number of nitrogens with one attached hydrogen (secondary N) is 1. The van der Waals surface area contributed by atoms with Crippen molar-refractivity contribution in [2.75, 3.05) is 26.3 Å². The third-order valence-electron chi connectivity index (χ3n) is 4.14. The van der Waals surface area contributed by atoms with Gasteiger partial charge in [-0.1, -0.05) is 44.4 Å². The summed E-state index contributed by atoms with van der Waals surface area (Å²) in [5, 5.41) is 11.1. The zero-order chi connectivity index (χ0) is 18.5. The van der Waals surface area contributed by atoms with Crippen LogP contribution in [-0.2, 0) is 17.3 Å². The fourth-order valence-corrected chi connectivity index (χ4v) is 2.84. The van der Waals surface area contributed by atoms with Crippen LogP contribution in [0.5, 0.6) is 0 Å². The lowest BCUT2D eigenvalue weighted by Gasteiger charge is -2.22. The maximum atomic E-state index is 12.8. The van der Waals surface area contributed by atoms with Crippen molar-refractivity contribution in [3.63, 3.8) is 0 Å². The summed E-state index contributed by atoms with van der Waals surface area (Å²) < 4.78 is 44.1. The van der Waals surface area contributed by atoms with E-state index in [0.717, 1.165) is 32.0 Å². The number of rotatable bonds is 7. The Bertz CT molecular complexity index is 456. The van der Waals surface area contributed by atoms with Crippen molar-refractivity contribution in [3.05, 3.63) is 35.4 Å². The van der Waals surface area contributed by atoms with Crippen molar-refractivity contribution >= 4 is 0 Å². The van der Waals surface area contributed by atoms with E-state index in [-0.39, 0.29) is 12.7 Å². The highest BCUT2D eigenvalue weighted by Gasteiger charge is 2.32. The van der Waals surface area contributed by atoms with Crippen LogP contribution in [-0.4, -0.2) is 37.5 Å². The largest absolute Gasteiger partial charge is 0.416 e. The second kappa shape index (κ2) is 12.3. The van der Waals surface area contributed by atoms with Crippen LogP contribution in [0.25, 0.3) is 0 Å². The van der Waals surface area contributed by atoms with Gasteiger partial charge < -0.3 is 15.2 Å². The van der Waals surface area contributed by atoms with Crippen LogP contribution in [0.1, 0.15) is 50.2 Å². The van der Waals surface area contributed by atoms with Gasteiger partial charge in [0.2, 0.25) is 0 Å². The Labute approximate surface area is 148 Å². The summed E-state index contributed by atoms with van der Waals surface area (Å²) in [4.78, 5) is 0. The molecule has 1 fully saturated rings. The number of halogens is 3. The van der Waals surface area contributed by atoms with Gasteiger partial charge in [-0.25, -0.2) is 0 Å². The van der Waals surface area contributed by atoms with Crippen molar-refractivity contribution in [2.24, 2.45) is 0 Å². The molecule has 144 valence electrons. The maximum absolute atomic E-state index is 12.8. The topological polar surface area (TPSA) is 41.5 Å². The molecule has 0 bridgehead atoms. The maximum Gasteiger partial charge on any atom is 0.416 e. The summed E-state index contributed by atoms with van der Waals surface area (Å²) in [5.41, 5.74) is -0.215. The molecule has 0 aliphatic heterocycles. The normalized spacial score (nSPS) is 15.6. The number of hydrogen-bond acceptors (Lipinski definition) is 3. The average Bonchev–Trinajstić information content (AvgIpc) is 2.61. The zero-order valence-electron chi connectivity index (χ0n) is 14.9. The standard InChI is InChI=1S/C15H19F3O.C4H11NO/c16-15(17,18)14-9-5-4-6-12(14)10-11-19-13-7-2-1-3-8-13;1-2-5-3-4-6/h4-6,9,13H,1-3,7-8,10-11H2;5-6H,2-4H2,1H3. The number of ether oxygens (including phenoxy) is 1. The molecule has 0 heterocycles. The Morgan fingerprint density at radius 2 is 1.84 bits per heavy atom. The molecule has 1 saturated carbocycles. The predicted molar refractivity (Wildman–Crippen MR) is 93.6 cm³/mol. The lowest BCUT2D eigenvalue weighted by Crippen LogP contribution is -2.18. The molecule has 1 aliphatic rings. The fraction of sp³-hybridized carbons (Fsp3) is 0.684. The highest BCUT2D eigenvalue weighted by molar-refractivity contribution is 5.29. The summed E-state index contributed by atoms with van der Waals surface area (Å²) in [6.45, 7) is 4.29. The molecule has 1 aromatic carbocycles. The van der Waals surface area contributed by atoms with Crippen LogP contribution in [0.3, 0.4) is 0 Å². The summed E-state index contributed by atoms with van der Waals surface area (Å²) in [7, 11) is 0. The van der Waals surface area contributed by atoms with Crippen LogP contribution >= 0.6 is 0 Å². The van der Waals surface area contributed by atoms with E-state index in [1.165, 1.54) is 31.4 Å². The summed E-state index contributed by atoms with van der Waals surface area (Å²) in [6, 6.07) is 5.74. The minimum Gasteiger partial charge on any atom is -0.395 e. The highest BCUT2D eigenvalue weighted by Crippen LogP contribution is 2.32. The quantitative estimate of drug-likeness (QED) is 0.716. The van der Waals surface area contributed by atoms with Crippen molar-refractivity contribution in [3.8, 4) is 0 Å². The van der Waals surface area contributed by atoms with Gasteiger partial charge >= 0.3 is 6.18 Å². The Kier molecular flexibility index (Phi) is 10.8. The molecule has 2 rings (SSSR count). The van der Waals surface area contributed by atoms with Gasteiger partial charge in [-0.2, -0.15) is 13.2 Å². The molecule has 3 nitrogen and oxygen atoms in total. The second-order valence-electron chi connectivity index (χ2n) is 6.11. The number of hydrogen-bond donors (Lipinski definition) is 2. The molecule has 1 aliphatic carbocycles. The summed E-state index contributed by atoms with van der Waals surface area (Å²) in [5.74, 6) is 0. The minimum absolute atomic E-state index is 0.242. The lowest BCUT2D eigenvalue weighted by atomic mass is 9.98. The molecule has 1 aromatic rings. The molecular formula is C19H30F3NO2. The Balaban J connectivity index is 0.000000450. The van der Waals surface area contributed by atoms with E-state index in [1.807, 2.05) is 6.92 Å². The van der Waals surface area contributed by atoms with Crippen molar-refractivity contribution < 1.29 is 23.0 Å². The number of likely N-dealkylation sites (N-methyl/N-ethyl adjacent to an activating group) is 1. The first-order valence-electron chi connectivity index (χ1n) is 9.07. The SMILES string of the molecule is CCNCCO.FC(F)(F)c1ccccc1CCOC1CCCCC1. The van der Waals surface area contributed by atoms with Crippen molar-refractivity contribution in [2.45, 2.75) is 57.7 Å². The van der Waals surface area contributed by atoms with Gasteiger partial charge in [0.1, 0.15) is 0 Å². The smallest absolute Gasteiger partial charge is 0.395 e. The van der Waals surface area contributed by atoms with Gasteiger partial charge in [-0.15, -0.1) is 0 Å². The van der Waals surface area contributed by atoms with Gasteiger partial charge in [0, 0.05) is 6.54 Å². The molecule has 0 spiro atoms. The molecular weight excluding hydrogens is 331 g/mol. The van der Waals surface area contributed by atoms with Gasteiger partial charge in [-0.05, 0) is 37.4 Å². The second-order valence-corrected chi connectivity index (χ2v) is 6.11. The highest BCUT2D eigenvalue weighted by atomic mass is 19.4. The monoisotopic (exact) mass is 361 g/mol. The van der Waals surface area contributed by atoms with E-state index in [1.54, 1.807) is 6.07 Å². The number of aliphatic hydroxyl groups is 1. The molecule has 0 aromatic heterocycles. The van der Waals surface area contributed by atoms with Gasteiger partial charge in [0.05, 0.1) is 24.9 Å². The number of aliphatic hydroxyl groups excluding tert-OH is 1. The molecule has 0 radical (unpaired) electrons. The van der Waals surface area contributed by atoms with Gasteiger partial charge in [-0.3, -0.25) is 0 Å². The third kappa shape index (κ3) is 9.23. The molecule has 0 atom stereocenters. The first-order chi connectivity index (χ1) is 12.0. The molecule has 6 heteroatoms. The third-order valence-corrected chi connectivity index (χ3v) is 4.14. The predicted octanol–water partition coefficient (Wildman–Crippen LogP) is 4.19. The first-order valence-corrected chi connectivity index (χ1v) is 9.07. The van der Waals surface area contributed by atoms with Crippen LogP contribution in [0.2, 0.25) is 0 Å². The lowest BCUT2D eigenvalue weighted by molar-refractivity contribution is -0.138. The first kappa shape index (κ1) is 21.9. The molecule has 0 unspecified atom stereocenters. The fourth-order valence-electron chi connectivity index (χ4n) is 2.84. The van der Waals surface area contributed by atoms with E-state index in [9.17, 15) is 13.2 Å². The van der Waals surface area contributed by atoms with Crippen molar-refractivity contribution in [1.29, 1.82) is 0 Å². The molecule has 0 saturated heterocycles.